The number of amides is 2. The van der Waals surface area contributed by atoms with Crippen molar-refractivity contribution in [3.05, 3.63) is 59.7 Å². The Kier molecular flexibility index (Phi) is 7.21. The van der Waals surface area contributed by atoms with E-state index in [1.54, 1.807) is 4.90 Å². The van der Waals surface area contributed by atoms with Crippen LogP contribution in [0.15, 0.2) is 48.5 Å². The number of hydrogen-bond acceptors (Lipinski definition) is 4. The molecule has 1 saturated heterocycles. The maximum absolute atomic E-state index is 13.0. The molecule has 1 N–H and O–H groups in total. The fourth-order valence-corrected chi connectivity index (χ4v) is 3.46. The Balaban J connectivity index is 1.80. The Morgan fingerprint density at radius 1 is 1.07 bits per heavy atom. The molecule has 1 aliphatic heterocycles. The minimum Gasteiger partial charge on any atom is -0.493 e. The highest BCUT2D eigenvalue weighted by Crippen LogP contribution is 2.29. The first-order valence-electron chi connectivity index (χ1n) is 9.74. The van der Waals surface area contributed by atoms with E-state index in [0.717, 1.165) is 18.4 Å². The first-order chi connectivity index (χ1) is 14.5. The molecule has 0 saturated carbocycles. The van der Waals surface area contributed by atoms with E-state index in [0.29, 0.717) is 19.5 Å². The number of alkyl halides is 2. The number of carbonyl (C=O) groups is 2. The second-order valence-corrected chi connectivity index (χ2v) is 6.99. The summed E-state index contributed by atoms with van der Waals surface area (Å²) in [5.74, 6) is -0.862. The Hall–Kier alpha value is -3.16. The van der Waals surface area contributed by atoms with Crippen molar-refractivity contribution in [3.63, 3.8) is 0 Å². The second-order valence-electron chi connectivity index (χ2n) is 6.99. The minimum atomic E-state index is -3.06. The van der Waals surface area contributed by atoms with Gasteiger partial charge in [-0.2, -0.15) is 8.78 Å². The Morgan fingerprint density at radius 2 is 1.77 bits per heavy atom. The molecule has 1 atom stereocenters. The Bertz CT molecular complexity index is 871. The average molecular weight is 418 g/mol. The number of rotatable bonds is 8. The molecular weight excluding hydrogens is 394 g/mol. The van der Waals surface area contributed by atoms with Crippen LogP contribution in [-0.2, 0) is 11.2 Å². The number of methoxy groups -OCH3 is 1. The average Bonchev–Trinajstić information content (AvgIpc) is 3.28. The van der Waals surface area contributed by atoms with E-state index in [-0.39, 0.29) is 23.0 Å². The molecule has 8 heteroatoms. The molecule has 30 heavy (non-hydrogen) atoms. The van der Waals surface area contributed by atoms with Crippen LogP contribution >= 0.6 is 0 Å². The summed E-state index contributed by atoms with van der Waals surface area (Å²) in [4.78, 5) is 27.6. The van der Waals surface area contributed by atoms with Crippen molar-refractivity contribution in [1.29, 1.82) is 0 Å². The van der Waals surface area contributed by atoms with E-state index in [9.17, 15) is 18.4 Å². The summed E-state index contributed by atoms with van der Waals surface area (Å²) in [6, 6.07) is 12.6. The predicted octanol–water partition coefficient (Wildman–Crippen LogP) is 3.26. The van der Waals surface area contributed by atoms with Gasteiger partial charge in [0.05, 0.1) is 7.11 Å². The zero-order valence-corrected chi connectivity index (χ0v) is 16.6. The summed E-state index contributed by atoms with van der Waals surface area (Å²) in [6.07, 6.45) is 2.20. The maximum atomic E-state index is 13.0. The third-order valence-corrected chi connectivity index (χ3v) is 4.95. The molecular formula is C22H24F2N2O4. The highest BCUT2D eigenvalue weighted by Gasteiger charge is 2.28. The van der Waals surface area contributed by atoms with Crippen molar-refractivity contribution in [1.82, 2.24) is 10.2 Å². The summed E-state index contributed by atoms with van der Waals surface area (Å²) in [7, 11) is 1.32. The van der Waals surface area contributed by atoms with Gasteiger partial charge in [0.1, 0.15) is 6.04 Å². The molecule has 1 unspecified atom stereocenters. The van der Waals surface area contributed by atoms with Crippen LogP contribution in [0.25, 0.3) is 0 Å². The molecule has 2 aromatic rings. The van der Waals surface area contributed by atoms with Crippen LogP contribution in [0, 0.1) is 0 Å². The van der Waals surface area contributed by atoms with Crippen LogP contribution in [0.3, 0.4) is 0 Å². The first kappa shape index (κ1) is 21.5. The molecule has 1 aliphatic rings. The van der Waals surface area contributed by atoms with E-state index < -0.39 is 18.6 Å². The molecule has 0 aliphatic carbocycles. The highest BCUT2D eigenvalue weighted by atomic mass is 19.3. The van der Waals surface area contributed by atoms with Crippen LogP contribution in [0.5, 0.6) is 11.5 Å². The summed E-state index contributed by atoms with van der Waals surface area (Å²) < 4.78 is 34.8. The van der Waals surface area contributed by atoms with E-state index in [1.807, 2.05) is 30.3 Å². The number of hydrogen-bond donors (Lipinski definition) is 1. The number of halogens is 2. The Morgan fingerprint density at radius 3 is 2.40 bits per heavy atom. The third kappa shape index (κ3) is 5.46. The van der Waals surface area contributed by atoms with Crippen LogP contribution in [0.2, 0.25) is 0 Å². The van der Waals surface area contributed by atoms with Gasteiger partial charge in [-0.1, -0.05) is 30.3 Å². The lowest BCUT2D eigenvalue weighted by Crippen LogP contribution is -2.49. The van der Waals surface area contributed by atoms with Gasteiger partial charge in [-0.25, -0.2) is 0 Å². The minimum absolute atomic E-state index is 0.0841. The fraction of sp³-hybridized carbons (Fsp3) is 0.364. The number of nitrogens with one attached hydrogen (secondary N) is 1. The molecule has 160 valence electrons. The smallest absolute Gasteiger partial charge is 0.387 e. The van der Waals surface area contributed by atoms with Crippen molar-refractivity contribution < 1.29 is 27.8 Å². The van der Waals surface area contributed by atoms with E-state index in [4.69, 9.17) is 4.74 Å². The van der Waals surface area contributed by atoms with Crippen molar-refractivity contribution in [2.24, 2.45) is 0 Å². The van der Waals surface area contributed by atoms with Crippen LogP contribution in [-0.4, -0.2) is 49.6 Å². The monoisotopic (exact) mass is 418 g/mol. The van der Waals surface area contributed by atoms with Gasteiger partial charge >= 0.3 is 6.61 Å². The molecule has 0 aromatic heterocycles. The van der Waals surface area contributed by atoms with Gasteiger partial charge in [-0.15, -0.1) is 0 Å². The van der Waals surface area contributed by atoms with Crippen LogP contribution in [0.1, 0.15) is 28.8 Å². The largest absolute Gasteiger partial charge is 0.493 e. The van der Waals surface area contributed by atoms with Gasteiger partial charge in [-0.05, 0) is 36.6 Å². The summed E-state index contributed by atoms with van der Waals surface area (Å²) in [6.45, 7) is -1.73. The van der Waals surface area contributed by atoms with Crippen molar-refractivity contribution in [2.75, 3.05) is 20.2 Å². The second kappa shape index (κ2) is 10.0. The van der Waals surface area contributed by atoms with Crippen molar-refractivity contribution in [2.45, 2.75) is 31.9 Å². The molecule has 0 spiro atoms. The number of ether oxygens (including phenoxy) is 2. The van der Waals surface area contributed by atoms with Crippen molar-refractivity contribution >= 4 is 11.8 Å². The summed E-state index contributed by atoms with van der Waals surface area (Å²) in [5, 5.41) is 2.76. The number of carbonyl (C=O) groups excluding carboxylic acids is 2. The van der Waals surface area contributed by atoms with Gasteiger partial charge in [0, 0.05) is 25.1 Å². The topological polar surface area (TPSA) is 67.9 Å². The lowest BCUT2D eigenvalue weighted by Gasteiger charge is -2.24. The lowest BCUT2D eigenvalue weighted by atomic mass is 10.0. The van der Waals surface area contributed by atoms with Gasteiger partial charge in [0.25, 0.3) is 5.91 Å². The predicted molar refractivity (Wildman–Crippen MR) is 107 cm³/mol. The van der Waals surface area contributed by atoms with Crippen LogP contribution < -0.4 is 14.8 Å². The Labute approximate surface area is 173 Å². The van der Waals surface area contributed by atoms with E-state index >= 15 is 0 Å². The van der Waals surface area contributed by atoms with E-state index in [1.165, 1.54) is 25.3 Å². The molecule has 0 bridgehead atoms. The molecule has 2 amide bonds. The van der Waals surface area contributed by atoms with Gasteiger partial charge < -0.3 is 19.7 Å². The first-order valence-corrected chi connectivity index (χ1v) is 9.74. The quantitative estimate of drug-likeness (QED) is 0.715. The summed E-state index contributed by atoms with van der Waals surface area (Å²) in [5.41, 5.74) is 1.01. The van der Waals surface area contributed by atoms with Gasteiger partial charge in [-0.3, -0.25) is 9.59 Å². The maximum Gasteiger partial charge on any atom is 0.387 e. The third-order valence-electron chi connectivity index (χ3n) is 4.95. The molecule has 2 aromatic carbocycles. The molecule has 3 rings (SSSR count). The SMILES string of the molecule is COc1ccc(C(=O)NC(Cc2ccccc2)C(=O)N2CCCC2)cc1OC(F)F. The normalized spacial score (nSPS) is 14.5. The zero-order chi connectivity index (χ0) is 21.5. The number of nitrogens with zero attached hydrogens (tertiary/aromatic N) is 1. The lowest BCUT2D eigenvalue weighted by molar-refractivity contribution is -0.132. The van der Waals surface area contributed by atoms with Gasteiger partial charge in [0.2, 0.25) is 5.91 Å². The van der Waals surface area contributed by atoms with Crippen LogP contribution in [0.4, 0.5) is 8.78 Å². The number of likely N-dealkylation sites (tertiary alicyclic amines) is 1. The van der Waals surface area contributed by atoms with Gasteiger partial charge in [0.15, 0.2) is 11.5 Å². The van der Waals surface area contributed by atoms with E-state index in [2.05, 4.69) is 10.1 Å². The molecule has 1 heterocycles. The zero-order valence-electron chi connectivity index (χ0n) is 16.6. The molecule has 1 fully saturated rings. The van der Waals surface area contributed by atoms with Crippen molar-refractivity contribution in [3.8, 4) is 11.5 Å². The number of benzene rings is 2. The fourth-order valence-electron chi connectivity index (χ4n) is 3.46. The summed E-state index contributed by atoms with van der Waals surface area (Å²) >= 11 is 0. The standard InChI is InChI=1S/C22H24F2N2O4/c1-29-18-10-9-16(14-19(18)30-22(23)24)20(27)25-17(13-15-7-3-2-4-8-15)21(28)26-11-5-6-12-26/h2-4,7-10,14,17,22H,5-6,11-13H2,1H3,(H,25,27). The molecule has 0 radical (unpaired) electrons. The highest BCUT2D eigenvalue weighted by molar-refractivity contribution is 5.98. The molecule has 6 nitrogen and oxygen atoms in total.